The minimum absolute atomic E-state index is 0.0789. The highest BCUT2D eigenvalue weighted by atomic mass is 19.4. The predicted octanol–water partition coefficient (Wildman–Crippen LogP) is 3.39. The van der Waals surface area contributed by atoms with E-state index in [4.69, 9.17) is 9.47 Å². The fourth-order valence-corrected chi connectivity index (χ4v) is 4.76. The van der Waals surface area contributed by atoms with Crippen LogP contribution in [0.1, 0.15) is 21.5 Å². The molecule has 3 aliphatic heterocycles. The lowest BCUT2D eigenvalue weighted by molar-refractivity contribution is -0.274. The van der Waals surface area contributed by atoms with Gasteiger partial charge in [0.15, 0.2) is 0 Å². The summed E-state index contributed by atoms with van der Waals surface area (Å²) in [5.74, 6) is -0.149. The van der Waals surface area contributed by atoms with Crippen LogP contribution in [0.4, 0.5) is 18.0 Å². The molecular weight excluding hydrogens is 469 g/mol. The van der Waals surface area contributed by atoms with Crippen molar-refractivity contribution in [3.8, 4) is 11.5 Å². The number of amides is 2. The maximum atomic E-state index is 12.9. The molecule has 0 aliphatic carbocycles. The number of rotatable bonds is 4. The molecule has 0 N–H and O–H groups in total. The zero-order chi connectivity index (χ0) is 24.7. The molecule has 0 aromatic heterocycles. The molecule has 5 rings (SSSR count). The molecule has 3 heterocycles. The summed E-state index contributed by atoms with van der Waals surface area (Å²) in [5, 5.41) is 0. The highest BCUT2D eigenvalue weighted by Gasteiger charge is 2.43. The van der Waals surface area contributed by atoms with Crippen LogP contribution < -0.4 is 9.47 Å². The summed E-state index contributed by atoms with van der Waals surface area (Å²) in [5.41, 5.74) is 1.76. The van der Waals surface area contributed by atoms with Crippen molar-refractivity contribution in [2.24, 2.45) is 11.8 Å². The van der Waals surface area contributed by atoms with Gasteiger partial charge in [0.1, 0.15) is 18.1 Å². The number of benzene rings is 2. The molecule has 2 amide bonds. The van der Waals surface area contributed by atoms with Gasteiger partial charge >= 0.3 is 18.4 Å². The van der Waals surface area contributed by atoms with Crippen molar-refractivity contribution in [1.82, 2.24) is 9.80 Å². The second-order valence-electron chi connectivity index (χ2n) is 8.85. The highest BCUT2D eigenvalue weighted by molar-refractivity contribution is 5.96. The lowest BCUT2D eigenvalue weighted by Crippen LogP contribution is -2.35. The molecule has 0 spiro atoms. The Kier molecular flexibility index (Phi) is 5.78. The van der Waals surface area contributed by atoms with E-state index in [9.17, 15) is 27.6 Å². The van der Waals surface area contributed by atoms with Gasteiger partial charge in [-0.15, -0.1) is 13.2 Å². The number of carbonyl (C=O) groups excluding carboxylic acids is 3. The Hall–Kier alpha value is -3.76. The maximum Gasteiger partial charge on any atom is 0.573 e. The second kappa shape index (κ2) is 8.79. The number of hydrogen-bond donors (Lipinski definition) is 0. The van der Waals surface area contributed by atoms with Crippen LogP contribution in [0.5, 0.6) is 11.5 Å². The molecule has 8 nitrogen and oxygen atoms in total. The van der Waals surface area contributed by atoms with Gasteiger partial charge in [0.2, 0.25) is 0 Å². The third-order valence-electron chi connectivity index (χ3n) is 6.42. The molecule has 11 heteroatoms. The fraction of sp³-hybridized carbons (Fsp3) is 0.375. The van der Waals surface area contributed by atoms with Gasteiger partial charge in [-0.2, -0.15) is 0 Å². The first-order chi connectivity index (χ1) is 16.6. The molecule has 0 bridgehead atoms. The van der Waals surface area contributed by atoms with E-state index in [0.29, 0.717) is 43.1 Å². The Balaban J connectivity index is 1.11. The fourth-order valence-electron chi connectivity index (χ4n) is 4.76. The van der Waals surface area contributed by atoms with Crippen molar-refractivity contribution in [1.29, 1.82) is 0 Å². The number of nitrogens with zero attached hydrogens (tertiary/aromatic N) is 2. The van der Waals surface area contributed by atoms with Crippen LogP contribution in [-0.2, 0) is 22.6 Å². The maximum absolute atomic E-state index is 12.9. The van der Waals surface area contributed by atoms with Gasteiger partial charge < -0.3 is 24.0 Å². The van der Waals surface area contributed by atoms with Crippen LogP contribution in [0.3, 0.4) is 0 Å². The summed E-state index contributed by atoms with van der Waals surface area (Å²) in [6, 6.07) is 10.2. The predicted molar refractivity (Wildman–Crippen MR) is 114 cm³/mol. The van der Waals surface area contributed by atoms with Gasteiger partial charge in [0.25, 0.3) is 5.91 Å². The van der Waals surface area contributed by atoms with Crippen LogP contribution in [0.2, 0.25) is 0 Å². The second-order valence-corrected chi connectivity index (χ2v) is 8.85. The molecule has 35 heavy (non-hydrogen) atoms. The number of carbonyl (C=O) groups is 3. The van der Waals surface area contributed by atoms with E-state index in [2.05, 4.69) is 4.74 Å². The Bertz CT molecular complexity index is 1150. The van der Waals surface area contributed by atoms with E-state index in [1.54, 1.807) is 28.0 Å². The van der Waals surface area contributed by atoms with Gasteiger partial charge in [-0.25, -0.2) is 4.79 Å². The van der Waals surface area contributed by atoms with Gasteiger partial charge in [0, 0.05) is 49.1 Å². The van der Waals surface area contributed by atoms with Crippen molar-refractivity contribution in [3.63, 3.8) is 0 Å². The van der Waals surface area contributed by atoms with Crippen LogP contribution >= 0.6 is 0 Å². The van der Waals surface area contributed by atoms with E-state index < -0.39 is 12.5 Å². The number of esters is 1. The van der Waals surface area contributed by atoms with Crippen molar-refractivity contribution < 1.29 is 41.8 Å². The normalized spacial score (nSPS) is 20.9. The summed E-state index contributed by atoms with van der Waals surface area (Å²) in [7, 11) is 0. The zero-order valence-electron chi connectivity index (χ0n) is 18.4. The van der Waals surface area contributed by atoms with E-state index >= 15 is 0 Å². The number of halogens is 3. The number of alkyl halides is 3. The molecule has 2 fully saturated rings. The first-order valence-electron chi connectivity index (χ1n) is 11.0. The van der Waals surface area contributed by atoms with Crippen molar-refractivity contribution in [3.05, 3.63) is 59.2 Å². The van der Waals surface area contributed by atoms with Gasteiger partial charge in [-0.1, -0.05) is 18.2 Å². The Labute approximate surface area is 198 Å². The third kappa shape index (κ3) is 5.03. The highest BCUT2D eigenvalue weighted by Crippen LogP contribution is 2.34. The van der Waals surface area contributed by atoms with E-state index in [-0.39, 0.29) is 42.5 Å². The Morgan fingerprint density at radius 3 is 2.29 bits per heavy atom. The summed E-state index contributed by atoms with van der Waals surface area (Å²) in [6.07, 6.45) is -5.06. The number of hydrogen-bond acceptors (Lipinski definition) is 6. The topological polar surface area (TPSA) is 85.4 Å². The summed E-state index contributed by atoms with van der Waals surface area (Å²) < 4.78 is 51.0. The number of ether oxygens (including phenoxy) is 3. The molecule has 2 saturated heterocycles. The molecule has 0 radical (unpaired) electrons. The quantitative estimate of drug-likeness (QED) is 0.483. The minimum atomic E-state index is -4.77. The molecule has 2 aromatic rings. The molecule has 2 atom stereocenters. The molecule has 0 saturated carbocycles. The SMILES string of the molecule is O=C1Cc2ccc(C(=O)N3C[C@@H]4CN(C(=O)OCc5ccc(OC(F)(F)F)cc5)C[C@H]4C3)cc2O1. The van der Waals surface area contributed by atoms with Crippen LogP contribution in [-0.4, -0.2) is 60.3 Å². The van der Waals surface area contributed by atoms with Crippen LogP contribution in [0, 0.1) is 11.8 Å². The lowest BCUT2D eigenvalue weighted by atomic mass is 10.0. The first-order valence-corrected chi connectivity index (χ1v) is 11.0. The molecule has 184 valence electrons. The standard InChI is InChI=1S/C24H21F3N2O6/c25-24(26,27)35-19-5-1-14(2-6-19)13-33-23(32)29-11-17-9-28(10-18(17)12-29)22(31)16-4-3-15-8-21(30)34-20(15)7-16/h1-7,17-18H,8-13H2/t17-,18-/m1/s1. The van der Waals surface area contributed by atoms with Gasteiger partial charge in [-0.3, -0.25) is 9.59 Å². The molecular formula is C24H21F3N2O6. The third-order valence-corrected chi connectivity index (χ3v) is 6.42. The average Bonchev–Trinajstić information content (AvgIpc) is 3.48. The summed E-state index contributed by atoms with van der Waals surface area (Å²) in [4.78, 5) is 40.2. The van der Waals surface area contributed by atoms with Gasteiger partial charge in [0.05, 0.1) is 6.42 Å². The average molecular weight is 490 g/mol. The van der Waals surface area contributed by atoms with E-state index in [1.165, 1.54) is 12.1 Å². The molecule has 2 aromatic carbocycles. The lowest BCUT2D eigenvalue weighted by Gasteiger charge is -2.22. The molecule has 3 aliphatic rings. The largest absolute Gasteiger partial charge is 0.573 e. The van der Waals surface area contributed by atoms with Crippen molar-refractivity contribution in [2.75, 3.05) is 26.2 Å². The van der Waals surface area contributed by atoms with E-state index in [0.717, 1.165) is 17.7 Å². The summed E-state index contributed by atoms with van der Waals surface area (Å²) in [6.45, 7) is 1.83. The van der Waals surface area contributed by atoms with Crippen molar-refractivity contribution in [2.45, 2.75) is 19.4 Å². The van der Waals surface area contributed by atoms with Gasteiger partial charge in [-0.05, 0) is 29.8 Å². The Morgan fingerprint density at radius 1 is 0.971 bits per heavy atom. The van der Waals surface area contributed by atoms with Crippen LogP contribution in [0.15, 0.2) is 42.5 Å². The van der Waals surface area contributed by atoms with E-state index in [1.807, 2.05) is 0 Å². The van der Waals surface area contributed by atoms with Crippen LogP contribution in [0.25, 0.3) is 0 Å². The molecule has 0 unspecified atom stereocenters. The number of likely N-dealkylation sites (tertiary alicyclic amines) is 2. The Morgan fingerprint density at radius 2 is 1.63 bits per heavy atom. The minimum Gasteiger partial charge on any atom is -0.445 e. The number of fused-ring (bicyclic) bond motifs is 2. The summed E-state index contributed by atoms with van der Waals surface area (Å²) >= 11 is 0. The monoisotopic (exact) mass is 490 g/mol. The smallest absolute Gasteiger partial charge is 0.445 e. The van der Waals surface area contributed by atoms with Crippen molar-refractivity contribution >= 4 is 18.0 Å². The first kappa shape index (κ1) is 23.0. The zero-order valence-corrected chi connectivity index (χ0v) is 18.4.